The number of primary sulfonamides is 1. The molecule has 2 aromatic rings. The van der Waals surface area contributed by atoms with E-state index >= 15 is 0 Å². The molecule has 0 spiro atoms. The van der Waals surface area contributed by atoms with Gasteiger partial charge < -0.3 is 9.47 Å². The van der Waals surface area contributed by atoms with Crippen LogP contribution in [0.1, 0.15) is 32.8 Å². The average molecular weight is 376 g/mol. The van der Waals surface area contributed by atoms with E-state index in [0.717, 1.165) is 28.7 Å². The lowest BCUT2D eigenvalue weighted by Gasteiger charge is -2.00. The van der Waals surface area contributed by atoms with Gasteiger partial charge in [0.05, 0.1) is 17.9 Å². The van der Waals surface area contributed by atoms with E-state index in [1.54, 1.807) is 12.3 Å². The number of carbonyl (C=O) groups is 2. The zero-order valence-electron chi connectivity index (χ0n) is 11.8. The number of ether oxygens (including phenoxy) is 2. The van der Waals surface area contributed by atoms with E-state index in [-0.39, 0.29) is 28.0 Å². The van der Waals surface area contributed by atoms with Gasteiger partial charge in [-0.2, -0.15) is 0 Å². The predicted molar refractivity (Wildman–Crippen MR) is 82.9 cm³/mol. The summed E-state index contributed by atoms with van der Waals surface area (Å²) in [5, 5.41) is 8.05. The molecule has 124 valence electrons. The molecule has 8 nitrogen and oxygen atoms in total. The van der Waals surface area contributed by atoms with Gasteiger partial charge in [-0.25, -0.2) is 28.1 Å². The lowest BCUT2D eigenvalue weighted by Crippen LogP contribution is -2.10. The van der Waals surface area contributed by atoms with Gasteiger partial charge in [-0.3, -0.25) is 0 Å². The third-order valence-corrected chi connectivity index (χ3v) is 5.70. The standard InChI is InChI=1S/C12H12N2O6S3/c1-2-19-12(16)10-14-8(6-22-10)4-20-11(15)7-3-9(21-5-7)23(13,17)18/h3,5-6H,2,4H2,1H3,(H2,13,17,18). The van der Waals surface area contributed by atoms with Crippen molar-refractivity contribution in [3.63, 3.8) is 0 Å². The van der Waals surface area contributed by atoms with Crippen molar-refractivity contribution in [1.82, 2.24) is 4.98 Å². The number of sulfonamides is 1. The van der Waals surface area contributed by atoms with Crippen LogP contribution in [0, 0.1) is 0 Å². The molecule has 0 aliphatic heterocycles. The Kier molecular flexibility index (Phi) is 5.46. The number of rotatable bonds is 6. The van der Waals surface area contributed by atoms with Gasteiger partial charge >= 0.3 is 11.9 Å². The van der Waals surface area contributed by atoms with Crippen LogP contribution in [0.2, 0.25) is 0 Å². The van der Waals surface area contributed by atoms with Crippen molar-refractivity contribution in [3.8, 4) is 0 Å². The Morgan fingerprint density at radius 3 is 2.57 bits per heavy atom. The first-order valence-corrected chi connectivity index (χ1v) is 9.51. The number of nitrogens with two attached hydrogens (primary N) is 1. The molecule has 0 saturated heterocycles. The number of aromatic nitrogens is 1. The van der Waals surface area contributed by atoms with E-state index in [4.69, 9.17) is 14.6 Å². The Bertz CT molecular complexity index is 823. The van der Waals surface area contributed by atoms with Gasteiger partial charge in [0.2, 0.25) is 15.0 Å². The van der Waals surface area contributed by atoms with Crippen molar-refractivity contribution >= 4 is 44.6 Å². The molecule has 2 heterocycles. The van der Waals surface area contributed by atoms with Crippen LogP contribution >= 0.6 is 22.7 Å². The van der Waals surface area contributed by atoms with Gasteiger partial charge in [0.1, 0.15) is 10.8 Å². The third kappa shape index (κ3) is 4.58. The van der Waals surface area contributed by atoms with Crippen LogP contribution in [0.3, 0.4) is 0 Å². The largest absolute Gasteiger partial charge is 0.461 e. The van der Waals surface area contributed by atoms with Gasteiger partial charge in [-0.05, 0) is 13.0 Å². The van der Waals surface area contributed by atoms with E-state index in [9.17, 15) is 18.0 Å². The molecule has 11 heteroatoms. The highest BCUT2D eigenvalue weighted by Crippen LogP contribution is 2.20. The van der Waals surface area contributed by atoms with Crippen LogP contribution in [-0.2, 0) is 26.1 Å². The maximum absolute atomic E-state index is 11.8. The van der Waals surface area contributed by atoms with Gasteiger partial charge in [0.15, 0.2) is 0 Å². The molecule has 0 aliphatic rings. The zero-order valence-corrected chi connectivity index (χ0v) is 14.3. The number of hydrogen-bond acceptors (Lipinski definition) is 9. The molecule has 0 radical (unpaired) electrons. The highest BCUT2D eigenvalue weighted by atomic mass is 32.2. The second kappa shape index (κ2) is 7.17. The summed E-state index contributed by atoms with van der Waals surface area (Å²) in [5.41, 5.74) is 0.480. The van der Waals surface area contributed by atoms with Crippen molar-refractivity contribution in [3.05, 3.63) is 33.1 Å². The van der Waals surface area contributed by atoms with Gasteiger partial charge in [0.25, 0.3) is 0 Å². The predicted octanol–water partition coefficient (Wildman–Crippen LogP) is 1.39. The average Bonchev–Trinajstić information content (AvgIpc) is 3.13. The first-order valence-electron chi connectivity index (χ1n) is 6.21. The number of esters is 2. The number of nitrogens with zero attached hydrogens (tertiary/aromatic N) is 1. The van der Waals surface area contributed by atoms with Crippen LogP contribution < -0.4 is 5.14 Å². The summed E-state index contributed by atoms with van der Waals surface area (Å²) in [6.45, 7) is 1.79. The minimum Gasteiger partial charge on any atom is -0.461 e. The SMILES string of the molecule is CCOC(=O)c1nc(COC(=O)c2csc(S(N)(=O)=O)c2)cs1. The Hall–Kier alpha value is -1.82. The third-order valence-electron chi connectivity index (χ3n) is 2.44. The summed E-state index contributed by atoms with van der Waals surface area (Å²) >= 11 is 1.91. The Morgan fingerprint density at radius 2 is 1.96 bits per heavy atom. The molecular formula is C12H12N2O6S3. The second-order valence-electron chi connectivity index (χ2n) is 4.14. The van der Waals surface area contributed by atoms with Crippen molar-refractivity contribution in [2.24, 2.45) is 5.14 Å². The monoisotopic (exact) mass is 376 g/mol. The Morgan fingerprint density at radius 1 is 1.22 bits per heavy atom. The minimum absolute atomic E-state index is 0.0832. The molecule has 0 amide bonds. The zero-order chi connectivity index (χ0) is 17.0. The minimum atomic E-state index is -3.85. The maximum atomic E-state index is 11.8. The molecule has 2 rings (SSSR count). The fraction of sp³-hybridized carbons (Fsp3) is 0.250. The summed E-state index contributed by atoms with van der Waals surface area (Å²) < 4.78 is 32.0. The molecule has 0 unspecified atom stereocenters. The van der Waals surface area contributed by atoms with Gasteiger partial charge in [-0.1, -0.05) is 0 Å². The smallest absolute Gasteiger partial charge is 0.367 e. The number of thiazole rings is 1. The molecule has 23 heavy (non-hydrogen) atoms. The summed E-state index contributed by atoms with van der Waals surface area (Å²) in [6.07, 6.45) is 0. The molecule has 0 saturated carbocycles. The van der Waals surface area contributed by atoms with Crippen molar-refractivity contribution in [2.45, 2.75) is 17.7 Å². The fourth-order valence-corrected chi connectivity index (χ4v) is 3.72. The van der Waals surface area contributed by atoms with Crippen LogP contribution in [-0.4, -0.2) is 31.9 Å². The van der Waals surface area contributed by atoms with Crippen LogP contribution in [0.15, 0.2) is 21.0 Å². The van der Waals surface area contributed by atoms with Gasteiger partial charge in [-0.15, -0.1) is 22.7 Å². The van der Waals surface area contributed by atoms with Gasteiger partial charge in [0, 0.05) is 10.8 Å². The molecule has 2 N–H and O–H groups in total. The number of thiophene rings is 1. The summed E-state index contributed by atoms with van der Waals surface area (Å²) in [5.74, 6) is -1.24. The molecule has 0 fully saturated rings. The number of carbonyl (C=O) groups excluding carboxylic acids is 2. The lowest BCUT2D eigenvalue weighted by molar-refractivity contribution is 0.0468. The molecule has 2 aromatic heterocycles. The first kappa shape index (κ1) is 17.5. The lowest BCUT2D eigenvalue weighted by atomic mass is 10.3. The van der Waals surface area contributed by atoms with E-state index in [0.29, 0.717) is 5.69 Å². The van der Waals surface area contributed by atoms with Crippen LogP contribution in [0.5, 0.6) is 0 Å². The van der Waals surface area contributed by atoms with Crippen LogP contribution in [0.4, 0.5) is 0 Å². The van der Waals surface area contributed by atoms with E-state index < -0.39 is 22.0 Å². The summed E-state index contributed by atoms with van der Waals surface area (Å²) in [7, 11) is -3.85. The number of hydrogen-bond donors (Lipinski definition) is 1. The Balaban J connectivity index is 1.97. The summed E-state index contributed by atoms with van der Waals surface area (Å²) in [6, 6.07) is 1.15. The highest BCUT2D eigenvalue weighted by molar-refractivity contribution is 7.91. The molecule has 0 bridgehead atoms. The van der Waals surface area contributed by atoms with Crippen LogP contribution in [0.25, 0.3) is 0 Å². The first-order chi connectivity index (χ1) is 10.8. The molecular weight excluding hydrogens is 364 g/mol. The van der Waals surface area contributed by atoms with Crippen molar-refractivity contribution in [1.29, 1.82) is 0 Å². The van der Waals surface area contributed by atoms with E-state index in [1.165, 1.54) is 5.38 Å². The fourth-order valence-electron chi connectivity index (χ4n) is 1.46. The van der Waals surface area contributed by atoms with Crippen molar-refractivity contribution in [2.75, 3.05) is 6.61 Å². The maximum Gasteiger partial charge on any atom is 0.367 e. The highest BCUT2D eigenvalue weighted by Gasteiger charge is 2.17. The molecule has 0 aromatic carbocycles. The Labute approximate surface area is 139 Å². The quantitative estimate of drug-likeness (QED) is 0.755. The topological polar surface area (TPSA) is 126 Å². The summed E-state index contributed by atoms with van der Waals surface area (Å²) in [4.78, 5) is 27.3. The van der Waals surface area contributed by atoms with E-state index in [1.807, 2.05) is 0 Å². The normalized spacial score (nSPS) is 11.2. The molecule has 0 atom stereocenters. The van der Waals surface area contributed by atoms with Crippen molar-refractivity contribution < 1.29 is 27.5 Å². The molecule has 0 aliphatic carbocycles. The second-order valence-corrected chi connectivity index (χ2v) is 7.70. The van der Waals surface area contributed by atoms with E-state index in [2.05, 4.69) is 4.98 Å².